The number of benzene rings is 3. The lowest BCUT2D eigenvalue weighted by Crippen LogP contribution is -2.40. The highest BCUT2D eigenvalue weighted by molar-refractivity contribution is 5.90. The number of hydrogen-bond acceptors (Lipinski definition) is 7. The van der Waals surface area contributed by atoms with Gasteiger partial charge < -0.3 is 24.4 Å². The van der Waals surface area contributed by atoms with E-state index in [4.69, 9.17) is 24.2 Å². The van der Waals surface area contributed by atoms with E-state index in [-0.39, 0.29) is 11.5 Å². The van der Waals surface area contributed by atoms with Crippen LogP contribution < -0.4 is 19.7 Å². The fourth-order valence-corrected chi connectivity index (χ4v) is 5.73. The van der Waals surface area contributed by atoms with Gasteiger partial charge in [-0.3, -0.25) is 0 Å². The summed E-state index contributed by atoms with van der Waals surface area (Å²) in [5, 5.41) is 4.80. The Morgan fingerprint density at radius 3 is 2.33 bits per heavy atom. The maximum atomic E-state index is 6.21. The molecule has 3 heterocycles. The van der Waals surface area contributed by atoms with Crippen molar-refractivity contribution in [3.05, 3.63) is 84.4 Å². The Hall–Kier alpha value is -3.84. The lowest BCUT2D eigenvalue weighted by molar-refractivity contribution is 0.0543. The zero-order valence-corrected chi connectivity index (χ0v) is 22.5. The lowest BCUT2D eigenvalue weighted by Gasteiger charge is -2.38. The summed E-state index contributed by atoms with van der Waals surface area (Å²) in [6, 6.07) is 26.8. The number of piperidine rings is 1. The van der Waals surface area contributed by atoms with Crippen LogP contribution in [0.3, 0.4) is 0 Å². The van der Waals surface area contributed by atoms with Gasteiger partial charge in [-0.1, -0.05) is 42.5 Å². The molecule has 0 bridgehead atoms. The topological polar surface area (TPSA) is 68.7 Å². The fourth-order valence-electron chi connectivity index (χ4n) is 5.73. The summed E-state index contributed by atoms with van der Waals surface area (Å²) in [5.41, 5.74) is 2.22. The monoisotopic (exact) mass is 524 g/mol. The molecule has 2 aliphatic heterocycles. The van der Waals surface area contributed by atoms with Crippen LogP contribution in [0.2, 0.25) is 0 Å². The van der Waals surface area contributed by atoms with Crippen LogP contribution in [0.25, 0.3) is 10.9 Å². The summed E-state index contributed by atoms with van der Waals surface area (Å²) < 4.78 is 17.4. The molecular weight excluding hydrogens is 488 g/mol. The Balaban J connectivity index is 1.22. The van der Waals surface area contributed by atoms with Crippen molar-refractivity contribution in [1.82, 2.24) is 9.97 Å². The van der Waals surface area contributed by atoms with Gasteiger partial charge in [0.25, 0.3) is 0 Å². The van der Waals surface area contributed by atoms with E-state index in [1.165, 1.54) is 5.56 Å². The van der Waals surface area contributed by atoms with Crippen molar-refractivity contribution in [1.29, 1.82) is 0 Å². The Morgan fingerprint density at radius 1 is 0.872 bits per heavy atom. The van der Waals surface area contributed by atoms with Gasteiger partial charge in [0.15, 0.2) is 0 Å². The smallest absolute Gasteiger partial charge is 0.227 e. The largest absolute Gasteiger partial charge is 0.497 e. The fraction of sp³-hybridized carbons (Fsp3) is 0.375. The quantitative estimate of drug-likeness (QED) is 0.310. The molecule has 2 aliphatic rings. The number of aromatic nitrogens is 2. The maximum absolute atomic E-state index is 6.21. The number of para-hydroxylation sites is 2. The van der Waals surface area contributed by atoms with E-state index in [0.717, 1.165) is 92.7 Å². The van der Waals surface area contributed by atoms with E-state index in [1.54, 1.807) is 7.11 Å². The molecule has 7 nitrogen and oxygen atoms in total. The van der Waals surface area contributed by atoms with Crippen molar-refractivity contribution in [2.75, 3.05) is 50.2 Å². The summed E-state index contributed by atoms with van der Waals surface area (Å²) in [6.07, 6.45) is 4.00. The Labute approximate surface area is 230 Å². The minimum absolute atomic E-state index is 0.0378. The van der Waals surface area contributed by atoms with Gasteiger partial charge in [0.1, 0.15) is 23.4 Å². The maximum Gasteiger partial charge on any atom is 0.227 e. The van der Waals surface area contributed by atoms with Gasteiger partial charge in [0.2, 0.25) is 5.95 Å². The number of nitrogens with zero attached hydrogens (tertiary/aromatic N) is 3. The summed E-state index contributed by atoms with van der Waals surface area (Å²) in [7, 11) is 1.71. The minimum atomic E-state index is -0.0378. The molecule has 6 rings (SSSR count). The second-order valence-corrected chi connectivity index (χ2v) is 10.5. The second-order valence-electron chi connectivity index (χ2n) is 10.5. The molecule has 0 spiro atoms. The number of fused-ring (bicyclic) bond motifs is 1. The number of ether oxygens (including phenoxy) is 3. The van der Waals surface area contributed by atoms with Crippen LogP contribution in [0.5, 0.6) is 11.5 Å². The third kappa shape index (κ3) is 5.64. The van der Waals surface area contributed by atoms with Gasteiger partial charge in [0.05, 0.1) is 12.6 Å². The first kappa shape index (κ1) is 25.4. The van der Waals surface area contributed by atoms with E-state index in [9.17, 15) is 0 Å². The van der Waals surface area contributed by atoms with Crippen molar-refractivity contribution < 1.29 is 14.2 Å². The Morgan fingerprint density at radius 2 is 1.59 bits per heavy atom. The summed E-state index contributed by atoms with van der Waals surface area (Å²) >= 11 is 0. The van der Waals surface area contributed by atoms with Crippen LogP contribution in [-0.2, 0) is 10.2 Å². The van der Waals surface area contributed by atoms with Gasteiger partial charge >= 0.3 is 0 Å². The van der Waals surface area contributed by atoms with E-state index in [2.05, 4.69) is 52.7 Å². The molecule has 0 radical (unpaired) electrons. The molecule has 2 saturated heterocycles. The minimum Gasteiger partial charge on any atom is -0.497 e. The first-order valence-corrected chi connectivity index (χ1v) is 13.9. The van der Waals surface area contributed by atoms with Crippen molar-refractivity contribution in [3.63, 3.8) is 0 Å². The van der Waals surface area contributed by atoms with Crippen molar-refractivity contribution >= 4 is 22.7 Å². The molecule has 1 aromatic heterocycles. The molecule has 0 aliphatic carbocycles. The summed E-state index contributed by atoms with van der Waals surface area (Å²) in [5.74, 6) is 3.47. The van der Waals surface area contributed by atoms with Crippen LogP contribution in [-0.4, -0.2) is 56.0 Å². The zero-order chi connectivity index (χ0) is 26.5. The van der Waals surface area contributed by atoms with E-state index >= 15 is 0 Å². The van der Waals surface area contributed by atoms with Crippen LogP contribution >= 0.6 is 0 Å². The Bertz CT molecular complexity index is 1370. The Kier molecular flexibility index (Phi) is 7.50. The second kappa shape index (κ2) is 11.5. The van der Waals surface area contributed by atoms with E-state index < -0.39 is 0 Å². The molecule has 39 heavy (non-hydrogen) atoms. The molecule has 2 fully saturated rings. The molecule has 4 aromatic rings. The molecule has 0 saturated carbocycles. The highest BCUT2D eigenvalue weighted by atomic mass is 16.5. The van der Waals surface area contributed by atoms with Gasteiger partial charge in [-0.2, -0.15) is 4.98 Å². The van der Waals surface area contributed by atoms with Crippen LogP contribution in [0.4, 0.5) is 11.8 Å². The first-order valence-electron chi connectivity index (χ1n) is 13.9. The SMILES string of the molecule is COc1ccc(C2(CNc3nc(N4CCC(Oc5ccccc5)CC4)nc4ccccc34)CCOCC2)cc1. The highest BCUT2D eigenvalue weighted by Gasteiger charge is 2.35. The van der Waals surface area contributed by atoms with Crippen molar-refractivity contribution in [2.24, 2.45) is 0 Å². The molecule has 1 N–H and O–H groups in total. The lowest BCUT2D eigenvalue weighted by atomic mass is 9.74. The van der Waals surface area contributed by atoms with Crippen LogP contribution in [0.1, 0.15) is 31.2 Å². The van der Waals surface area contributed by atoms with Gasteiger partial charge in [-0.15, -0.1) is 0 Å². The molecule has 3 aromatic carbocycles. The molecule has 7 heteroatoms. The average molecular weight is 525 g/mol. The van der Waals surface area contributed by atoms with Crippen LogP contribution in [0, 0.1) is 0 Å². The predicted octanol–water partition coefficient (Wildman–Crippen LogP) is 5.85. The number of nitrogens with one attached hydrogen (secondary N) is 1. The zero-order valence-electron chi connectivity index (χ0n) is 22.5. The molecule has 202 valence electrons. The van der Waals surface area contributed by atoms with E-state index in [1.807, 2.05) is 36.4 Å². The van der Waals surface area contributed by atoms with Gasteiger partial charge in [-0.25, -0.2) is 4.98 Å². The van der Waals surface area contributed by atoms with Crippen molar-refractivity contribution in [2.45, 2.75) is 37.2 Å². The third-order valence-electron chi connectivity index (χ3n) is 8.11. The van der Waals surface area contributed by atoms with Gasteiger partial charge in [-0.05, 0) is 54.8 Å². The molecule has 0 amide bonds. The first-order chi connectivity index (χ1) is 19.2. The number of rotatable bonds is 8. The summed E-state index contributed by atoms with van der Waals surface area (Å²) in [4.78, 5) is 12.3. The average Bonchev–Trinajstić information content (AvgIpc) is 3.01. The number of hydrogen-bond donors (Lipinski definition) is 1. The normalized spacial score (nSPS) is 17.6. The van der Waals surface area contributed by atoms with E-state index in [0.29, 0.717) is 0 Å². The molecule has 0 atom stereocenters. The number of methoxy groups -OCH3 is 1. The predicted molar refractivity (Wildman–Crippen MR) is 155 cm³/mol. The highest BCUT2D eigenvalue weighted by Crippen LogP contribution is 2.37. The van der Waals surface area contributed by atoms with Crippen LogP contribution in [0.15, 0.2) is 78.9 Å². The van der Waals surface area contributed by atoms with Crippen molar-refractivity contribution in [3.8, 4) is 11.5 Å². The standard InChI is InChI=1S/C32H36N4O3/c1-37-25-13-11-24(12-14-25)32(17-21-38-22-18-32)23-33-30-28-9-5-6-10-29(28)34-31(35-30)36-19-15-27(16-20-36)39-26-7-3-2-4-8-26/h2-14,27H,15-23H2,1H3,(H,33,34,35). The van der Waals surface area contributed by atoms with Gasteiger partial charge in [0, 0.05) is 56.5 Å². The summed E-state index contributed by atoms with van der Waals surface area (Å²) in [6.45, 7) is 4.01. The molecule has 0 unspecified atom stereocenters. The number of anilines is 2. The third-order valence-corrected chi connectivity index (χ3v) is 8.11. The molecular formula is C32H36N4O3.